The molecule has 1 fully saturated rings. The van der Waals surface area contributed by atoms with Crippen molar-refractivity contribution in [3.63, 3.8) is 0 Å². The van der Waals surface area contributed by atoms with Gasteiger partial charge in [0.15, 0.2) is 0 Å². The Bertz CT molecular complexity index is 1090. The van der Waals surface area contributed by atoms with Gasteiger partial charge >= 0.3 is 0 Å². The van der Waals surface area contributed by atoms with Gasteiger partial charge in [-0.2, -0.15) is 0 Å². The lowest BCUT2D eigenvalue weighted by molar-refractivity contribution is 0.0950. The van der Waals surface area contributed by atoms with Crippen LogP contribution in [0.25, 0.3) is 11.1 Å². The zero-order valence-electron chi connectivity index (χ0n) is 17.6. The van der Waals surface area contributed by atoms with Crippen LogP contribution in [0.15, 0.2) is 60.7 Å². The number of carbonyl (C=O) groups excluding carboxylic acids is 2. The molecule has 1 aliphatic rings. The van der Waals surface area contributed by atoms with Crippen LogP contribution in [-0.4, -0.2) is 17.9 Å². The summed E-state index contributed by atoms with van der Waals surface area (Å²) in [7, 11) is 0. The van der Waals surface area contributed by atoms with Gasteiger partial charge in [0.2, 0.25) is 0 Å². The van der Waals surface area contributed by atoms with Crippen LogP contribution in [0.3, 0.4) is 0 Å². The highest BCUT2D eigenvalue weighted by molar-refractivity contribution is 6.05. The van der Waals surface area contributed by atoms with Gasteiger partial charge in [-0.3, -0.25) is 9.59 Å². The first-order valence-corrected chi connectivity index (χ1v) is 10.3. The van der Waals surface area contributed by atoms with Crippen molar-refractivity contribution in [1.82, 2.24) is 5.32 Å². The topological polar surface area (TPSA) is 58.2 Å². The van der Waals surface area contributed by atoms with Crippen LogP contribution in [0.4, 0.5) is 5.69 Å². The SMILES string of the molecule is Cc1ccc(C(=O)NC2CC2)cc1-c1ccc(C(=O)Nc2c(C)cccc2C)cc1. The van der Waals surface area contributed by atoms with Crippen LogP contribution in [-0.2, 0) is 0 Å². The number of carbonyl (C=O) groups is 2. The Morgan fingerprint density at radius 1 is 0.767 bits per heavy atom. The number of amides is 2. The molecule has 0 aromatic heterocycles. The summed E-state index contributed by atoms with van der Waals surface area (Å²) < 4.78 is 0. The minimum absolute atomic E-state index is 0.0247. The van der Waals surface area contributed by atoms with E-state index in [1.165, 1.54) is 0 Å². The number of nitrogens with one attached hydrogen (secondary N) is 2. The lowest BCUT2D eigenvalue weighted by atomic mass is 9.97. The van der Waals surface area contributed by atoms with E-state index in [1.54, 1.807) is 0 Å². The summed E-state index contributed by atoms with van der Waals surface area (Å²) in [5.74, 6) is -0.156. The maximum Gasteiger partial charge on any atom is 0.255 e. The van der Waals surface area contributed by atoms with Crippen LogP contribution in [0.1, 0.15) is 50.2 Å². The van der Waals surface area contributed by atoms with Crippen molar-refractivity contribution >= 4 is 17.5 Å². The van der Waals surface area contributed by atoms with Crippen LogP contribution in [0.5, 0.6) is 0 Å². The van der Waals surface area contributed by atoms with Crippen molar-refractivity contribution in [2.24, 2.45) is 0 Å². The van der Waals surface area contributed by atoms with Gasteiger partial charge in [-0.15, -0.1) is 0 Å². The van der Waals surface area contributed by atoms with Gasteiger partial charge in [0.25, 0.3) is 11.8 Å². The highest BCUT2D eigenvalue weighted by atomic mass is 16.2. The summed E-state index contributed by atoms with van der Waals surface area (Å²) in [6.07, 6.45) is 2.13. The fourth-order valence-corrected chi connectivity index (χ4v) is 3.57. The zero-order valence-corrected chi connectivity index (χ0v) is 17.6. The second kappa shape index (κ2) is 8.15. The Morgan fingerprint density at radius 3 is 2.03 bits per heavy atom. The predicted molar refractivity (Wildman–Crippen MR) is 121 cm³/mol. The van der Waals surface area contributed by atoms with E-state index in [9.17, 15) is 9.59 Å². The van der Waals surface area contributed by atoms with E-state index in [0.29, 0.717) is 17.2 Å². The highest BCUT2D eigenvalue weighted by Gasteiger charge is 2.24. The van der Waals surface area contributed by atoms with E-state index < -0.39 is 0 Å². The summed E-state index contributed by atoms with van der Waals surface area (Å²) in [6.45, 7) is 6.00. The third kappa shape index (κ3) is 4.28. The summed E-state index contributed by atoms with van der Waals surface area (Å²) in [6, 6.07) is 19.6. The molecule has 0 spiro atoms. The van der Waals surface area contributed by atoms with Crippen molar-refractivity contribution in [2.75, 3.05) is 5.32 Å². The highest BCUT2D eigenvalue weighted by Crippen LogP contribution is 2.27. The Balaban J connectivity index is 1.54. The molecule has 152 valence electrons. The molecule has 0 radical (unpaired) electrons. The minimum atomic E-state index is -0.131. The second-order valence-corrected chi connectivity index (χ2v) is 8.08. The molecule has 0 atom stereocenters. The van der Waals surface area contributed by atoms with Crippen molar-refractivity contribution in [2.45, 2.75) is 39.7 Å². The average molecular weight is 399 g/mol. The number of aryl methyl sites for hydroxylation is 3. The molecular formula is C26H26N2O2. The van der Waals surface area contributed by atoms with Gasteiger partial charge in [-0.05, 0) is 85.7 Å². The molecule has 4 heteroatoms. The maximum atomic E-state index is 12.7. The first kappa shape index (κ1) is 19.9. The fourth-order valence-electron chi connectivity index (χ4n) is 3.57. The first-order chi connectivity index (χ1) is 14.4. The number of hydrogen-bond donors (Lipinski definition) is 2. The van der Waals surface area contributed by atoms with E-state index >= 15 is 0 Å². The summed E-state index contributed by atoms with van der Waals surface area (Å²) in [5.41, 5.74) is 7.27. The number of rotatable bonds is 5. The molecule has 30 heavy (non-hydrogen) atoms. The van der Waals surface area contributed by atoms with Gasteiger partial charge in [0.1, 0.15) is 0 Å². The Morgan fingerprint density at radius 2 is 1.40 bits per heavy atom. The van der Waals surface area contributed by atoms with E-state index in [2.05, 4.69) is 10.6 Å². The van der Waals surface area contributed by atoms with Crippen molar-refractivity contribution in [3.8, 4) is 11.1 Å². The molecule has 0 unspecified atom stereocenters. The van der Waals surface area contributed by atoms with Gasteiger partial charge in [0, 0.05) is 22.9 Å². The molecule has 1 saturated carbocycles. The van der Waals surface area contributed by atoms with Crippen molar-refractivity contribution in [3.05, 3.63) is 88.5 Å². The van der Waals surface area contributed by atoms with E-state index in [0.717, 1.165) is 46.3 Å². The smallest absolute Gasteiger partial charge is 0.255 e. The Hall–Kier alpha value is -3.40. The molecule has 2 N–H and O–H groups in total. The molecule has 1 aliphatic carbocycles. The maximum absolute atomic E-state index is 12.7. The van der Waals surface area contributed by atoms with Crippen LogP contribution in [0.2, 0.25) is 0 Å². The standard InChI is InChI=1S/C26H26N2O2/c1-16-7-8-21(26(30)27-22-13-14-22)15-23(16)19-9-11-20(12-10-19)25(29)28-24-17(2)5-4-6-18(24)3/h4-12,15,22H,13-14H2,1-3H3,(H,27,30)(H,28,29). The average Bonchev–Trinajstić information content (AvgIpc) is 3.55. The van der Waals surface area contributed by atoms with Crippen LogP contribution >= 0.6 is 0 Å². The van der Waals surface area contributed by atoms with Crippen LogP contribution < -0.4 is 10.6 Å². The van der Waals surface area contributed by atoms with Gasteiger partial charge in [0.05, 0.1) is 0 Å². The first-order valence-electron chi connectivity index (χ1n) is 10.3. The second-order valence-electron chi connectivity index (χ2n) is 8.08. The Kier molecular flexibility index (Phi) is 5.40. The minimum Gasteiger partial charge on any atom is -0.349 e. The molecule has 0 bridgehead atoms. The van der Waals surface area contributed by atoms with Crippen molar-refractivity contribution in [1.29, 1.82) is 0 Å². The summed E-state index contributed by atoms with van der Waals surface area (Å²) in [4.78, 5) is 25.1. The fraction of sp³-hybridized carbons (Fsp3) is 0.231. The number of anilines is 1. The van der Waals surface area contributed by atoms with E-state index in [1.807, 2.05) is 81.4 Å². The molecule has 0 saturated heterocycles. The van der Waals surface area contributed by atoms with E-state index in [-0.39, 0.29) is 11.8 Å². The molecule has 0 aliphatic heterocycles. The quantitative estimate of drug-likeness (QED) is 0.603. The van der Waals surface area contributed by atoms with Crippen LogP contribution in [0, 0.1) is 20.8 Å². The normalized spacial score (nSPS) is 13.0. The van der Waals surface area contributed by atoms with E-state index in [4.69, 9.17) is 0 Å². The molecule has 3 aromatic rings. The van der Waals surface area contributed by atoms with Gasteiger partial charge in [-0.25, -0.2) is 0 Å². The lowest BCUT2D eigenvalue weighted by Gasteiger charge is -2.13. The molecule has 4 nitrogen and oxygen atoms in total. The predicted octanol–water partition coefficient (Wildman–Crippen LogP) is 5.42. The monoisotopic (exact) mass is 398 g/mol. The van der Waals surface area contributed by atoms with Gasteiger partial charge in [-0.1, -0.05) is 36.4 Å². The molecule has 3 aromatic carbocycles. The number of hydrogen-bond acceptors (Lipinski definition) is 2. The summed E-state index contributed by atoms with van der Waals surface area (Å²) >= 11 is 0. The van der Waals surface area contributed by atoms with Crippen molar-refractivity contribution < 1.29 is 9.59 Å². The number of benzene rings is 3. The third-order valence-electron chi connectivity index (χ3n) is 5.59. The molecule has 4 rings (SSSR count). The zero-order chi connectivity index (χ0) is 21.3. The molecular weight excluding hydrogens is 372 g/mol. The third-order valence-corrected chi connectivity index (χ3v) is 5.59. The largest absolute Gasteiger partial charge is 0.349 e. The summed E-state index contributed by atoms with van der Waals surface area (Å²) in [5, 5.41) is 6.05. The van der Waals surface area contributed by atoms with Gasteiger partial charge < -0.3 is 10.6 Å². The molecule has 2 amide bonds. The number of para-hydroxylation sites is 1. The molecule has 0 heterocycles. The lowest BCUT2D eigenvalue weighted by Crippen LogP contribution is -2.25. The Labute approximate surface area is 177 Å².